The molecule has 0 saturated carbocycles. The summed E-state index contributed by atoms with van der Waals surface area (Å²) in [6, 6.07) is 12.7. The molecule has 0 aromatic heterocycles. The van der Waals surface area contributed by atoms with Gasteiger partial charge in [0.1, 0.15) is 11.4 Å². The van der Waals surface area contributed by atoms with Crippen LogP contribution in [-0.4, -0.2) is 35.2 Å². The number of nitrogens with one attached hydrogen (secondary N) is 1. The van der Waals surface area contributed by atoms with Crippen molar-refractivity contribution >= 4 is 11.7 Å². The number of aliphatic hydroxyl groups excluding tert-OH is 1. The van der Waals surface area contributed by atoms with Crippen LogP contribution in [-0.2, 0) is 0 Å². The second kappa shape index (κ2) is 7.31. The predicted octanol–water partition coefficient (Wildman–Crippen LogP) is 3.61. The van der Waals surface area contributed by atoms with Crippen LogP contribution in [0.25, 0.3) is 0 Å². The fraction of sp³-hybridized carbons (Fsp3) is 0.278. The van der Waals surface area contributed by atoms with Crippen molar-refractivity contribution in [2.24, 2.45) is 0 Å². The molecule has 1 fully saturated rings. The first-order chi connectivity index (χ1) is 11.7. The molecule has 0 spiro atoms. The Hall–Kier alpha value is -2.60. The van der Waals surface area contributed by atoms with Crippen molar-refractivity contribution in [3.63, 3.8) is 0 Å². The lowest BCUT2D eigenvalue weighted by Crippen LogP contribution is -2.40. The number of amides is 2. The van der Waals surface area contributed by atoms with Crippen LogP contribution in [0, 0.1) is 5.82 Å². The number of anilines is 1. The molecule has 1 aliphatic rings. The van der Waals surface area contributed by atoms with Gasteiger partial charge in [0.15, 0.2) is 11.6 Å². The van der Waals surface area contributed by atoms with Gasteiger partial charge in [-0.25, -0.2) is 9.18 Å². The molecule has 0 aliphatic carbocycles. The van der Waals surface area contributed by atoms with E-state index in [-0.39, 0.29) is 24.1 Å². The Kier molecular flexibility index (Phi) is 4.96. The largest absolute Gasteiger partial charge is 0.455 e. The second-order valence-electron chi connectivity index (χ2n) is 5.63. The third-order valence-electron chi connectivity index (χ3n) is 4.03. The van der Waals surface area contributed by atoms with Crippen LogP contribution in [0.2, 0.25) is 0 Å². The number of halogens is 1. The van der Waals surface area contributed by atoms with Gasteiger partial charge >= 0.3 is 6.03 Å². The number of urea groups is 1. The lowest BCUT2D eigenvalue weighted by atomic mass is 10.2. The molecule has 5 nitrogen and oxygen atoms in total. The Bertz CT molecular complexity index is 709. The van der Waals surface area contributed by atoms with E-state index in [2.05, 4.69) is 5.32 Å². The summed E-state index contributed by atoms with van der Waals surface area (Å²) in [4.78, 5) is 13.9. The summed E-state index contributed by atoms with van der Waals surface area (Å²) >= 11 is 0. The van der Waals surface area contributed by atoms with Crippen LogP contribution in [0.4, 0.5) is 14.9 Å². The SMILES string of the molecule is O=C(Nc1c(F)cccc1Oc1ccccc1)N1CCC[C@@H]1CO. The highest BCUT2D eigenvalue weighted by Gasteiger charge is 2.29. The van der Waals surface area contributed by atoms with Gasteiger partial charge < -0.3 is 20.1 Å². The molecule has 2 N–H and O–H groups in total. The normalized spacial score (nSPS) is 16.9. The van der Waals surface area contributed by atoms with Crippen molar-refractivity contribution in [1.29, 1.82) is 0 Å². The number of nitrogens with zero attached hydrogens (tertiary/aromatic N) is 1. The van der Waals surface area contributed by atoms with Crippen molar-refractivity contribution in [1.82, 2.24) is 4.90 Å². The zero-order valence-electron chi connectivity index (χ0n) is 13.1. The van der Waals surface area contributed by atoms with Gasteiger partial charge in [-0.05, 0) is 37.1 Å². The van der Waals surface area contributed by atoms with E-state index >= 15 is 0 Å². The van der Waals surface area contributed by atoms with Crippen LogP contribution in [0.5, 0.6) is 11.5 Å². The predicted molar refractivity (Wildman–Crippen MR) is 88.7 cm³/mol. The van der Waals surface area contributed by atoms with Crippen LogP contribution >= 0.6 is 0 Å². The van der Waals surface area contributed by atoms with Gasteiger partial charge in [-0.2, -0.15) is 0 Å². The number of aliphatic hydroxyl groups is 1. The van der Waals surface area contributed by atoms with Crippen molar-refractivity contribution in [3.05, 3.63) is 54.3 Å². The molecule has 0 radical (unpaired) electrons. The molecule has 2 aromatic rings. The molecule has 3 rings (SSSR count). The average Bonchev–Trinajstić information content (AvgIpc) is 3.07. The molecule has 1 heterocycles. The molecule has 1 saturated heterocycles. The summed E-state index contributed by atoms with van der Waals surface area (Å²) < 4.78 is 19.9. The zero-order valence-corrected chi connectivity index (χ0v) is 13.1. The first-order valence-electron chi connectivity index (χ1n) is 7.89. The lowest BCUT2D eigenvalue weighted by Gasteiger charge is -2.24. The van der Waals surface area contributed by atoms with Crippen molar-refractivity contribution in [3.8, 4) is 11.5 Å². The molecule has 0 bridgehead atoms. The maximum absolute atomic E-state index is 14.2. The molecular weight excluding hydrogens is 311 g/mol. The van der Waals surface area contributed by atoms with E-state index in [0.717, 1.165) is 12.8 Å². The molecule has 126 valence electrons. The van der Waals surface area contributed by atoms with Crippen molar-refractivity contribution in [2.75, 3.05) is 18.5 Å². The highest BCUT2D eigenvalue weighted by molar-refractivity contribution is 5.91. The average molecular weight is 330 g/mol. The van der Waals surface area contributed by atoms with Crippen LogP contribution in [0.1, 0.15) is 12.8 Å². The second-order valence-corrected chi connectivity index (χ2v) is 5.63. The van der Waals surface area contributed by atoms with Crippen LogP contribution < -0.4 is 10.1 Å². The maximum Gasteiger partial charge on any atom is 0.322 e. The van der Waals surface area contributed by atoms with Gasteiger partial charge in [-0.3, -0.25) is 0 Å². The quantitative estimate of drug-likeness (QED) is 0.900. The number of hydrogen-bond acceptors (Lipinski definition) is 3. The van der Waals surface area contributed by atoms with E-state index in [1.54, 1.807) is 18.2 Å². The van der Waals surface area contributed by atoms with E-state index < -0.39 is 11.8 Å². The van der Waals surface area contributed by atoms with Crippen molar-refractivity contribution in [2.45, 2.75) is 18.9 Å². The van der Waals surface area contributed by atoms with Gasteiger partial charge in [0.25, 0.3) is 0 Å². The van der Waals surface area contributed by atoms with E-state index in [1.807, 2.05) is 18.2 Å². The summed E-state index contributed by atoms with van der Waals surface area (Å²) in [6.45, 7) is 0.443. The summed E-state index contributed by atoms with van der Waals surface area (Å²) in [5.41, 5.74) is -0.00468. The molecule has 6 heteroatoms. The number of hydrogen-bond donors (Lipinski definition) is 2. The van der Waals surface area contributed by atoms with Gasteiger partial charge in [0.05, 0.1) is 12.6 Å². The minimum absolute atomic E-state index is 0.00468. The highest BCUT2D eigenvalue weighted by atomic mass is 19.1. The van der Waals surface area contributed by atoms with Crippen LogP contribution in [0.15, 0.2) is 48.5 Å². The molecular formula is C18H19FN2O3. The smallest absolute Gasteiger partial charge is 0.322 e. The third kappa shape index (κ3) is 3.49. The number of carbonyl (C=O) groups excluding carboxylic acids is 1. The van der Waals surface area contributed by atoms with Gasteiger partial charge in [0.2, 0.25) is 0 Å². The maximum atomic E-state index is 14.2. The lowest BCUT2D eigenvalue weighted by molar-refractivity contribution is 0.166. The minimum Gasteiger partial charge on any atom is -0.455 e. The van der Waals surface area contributed by atoms with Gasteiger partial charge in [-0.15, -0.1) is 0 Å². The molecule has 2 amide bonds. The molecule has 0 unspecified atom stereocenters. The first-order valence-corrected chi connectivity index (χ1v) is 7.89. The Morgan fingerprint density at radius 2 is 2.04 bits per heavy atom. The molecule has 1 atom stereocenters. The molecule has 1 aliphatic heterocycles. The van der Waals surface area contributed by atoms with Crippen molar-refractivity contribution < 1.29 is 19.0 Å². The van der Waals surface area contributed by atoms with Gasteiger partial charge in [-0.1, -0.05) is 24.3 Å². The van der Waals surface area contributed by atoms with E-state index in [1.165, 1.54) is 17.0 Å². The number of ether oxygens (including phenoxy) is 1. The highest BCUT2D eigenvalue weighted by Crippen LogP contribution is 2.32. The molecule has 24 heavy (non-hydrogen) atoms. The minimum atomic E-state index is -0.573. The Morgan fingerprint density at radius 1 is 1.25 bits per heavy atom. The number of benzene rings is 2. The number of carbonyl (C=O) groups is 1. The first kappa shape index (κ1) is 16.3. The standard InChI is InChI=1S/C18H19FN2O3/c19-15-9-4-10-16(24-14-7-2-1-3-8-14)17(15)20-18(23)21-11-5-6-13(21)12-22/h1-4,7-10,13,22H,5-6,11-12H2,(H,20,23)/t13-/m1/s1. The Labute approximate surface area is 139 Å². The van der Waals surface area contributed by atoms with E-state index in [9.17, 15) is 14.3 Å². The summed E-state index contributed by atoms with van der Waals surface area (Å²) in [5.74, 6) is 0.207. The van der Waals surface area contributed by atoms with Gasteiger partial charge in [0, 0.05) is 6.54 Å². The molecule has 2 aromatic carbocycles. The fourth-order valence-corrected chi connectivity index (χ4v) is 2.80. The summed E-state index contributed by atoms with van der Waals surface area (Å²) in [6.07, 6.45) is 1.57. The van der Waals surface area contributed by atoms with E-state index in [0.29, 0.717) is 12.3 Å². The summed E-state index contributed by atoms with van der Waals surface area (Å²) in [5, 5.41) is 11.9. The zero-order chi connectivity index (χ0) is 16.9. The third-order valence-corrected chi connectivity index (χ3v) is 4.03. The fourth-order valence-electron chi connectivity index (χ4n) is 2.80. The van der Waals surface area contributed by atoms with Crippen LogP contribution in [0.3, 0.4) is 0 Å². The number of rotatable bonds is 4. The topological polar surface area (TPSA) is 61.8 Å². The number of likely N-dealkylation sites (tertiary alicyclic amines) is 1. The monoisotopic (exact) mass is 330 g/mol. The van der Waals surface area contributed by atoms with E-state index in [4.69, 9.17) is 4.74 Å². The Morgan fingerprint density at radius 3 is 2.79 bits per heavy atom. The number of para-hydroxylation sites is 2. The Balaban J connectivity index is 1.81. The summed E-state index contributed by atoms with van der Waals surface area (Å²) in [7, 11) is 0.